The first kappa shape index (κ1) is 22.4. The molecular formula is C24H28N2O5S. The van der Waals surface area contributed by atoms with Gasteiger partial charge in [-0.3, -0.25) is 4.79 Å². The molecule has 0 atom stereocenters. The zero-order chi connectivity index (χ0) is 22.6. The Labute approximate surface area is 188 Å². The Balaban J connectivity index is 1.51. The molecule has 7 nitrogen and oxygen atoms in total. The fourth-order valence-corrected chi connectivity index (χ4v) is 5.44. The maximum Gasteiger partial charge on any atom is 0.251 e. The van der Waals surface area contributed by atoms with Crippen molar-refractivity contribution in [2.24, 2.45) is 0 Å². The summed E-state index contributed by atoms with van der Waals surface area (Å²) in [6.07, 6.45) is 5.58. The highest BCUT2D eigenvalue weighted by atomic mass is 32.2. The predicted octanol–water partition coefficient (Wildman–Crippen LogP) is 3.16. The summed E-state index contributed by atoms with van der Waals surface area (Å²) in [7, 11) is -3.70. The maximum absolute atomic E-state index is 12.9. The van der Waals surface area contributed by atoms with Crippen molar-refractivity contribution in [1.29, 1.82) is 0 Å². The number of hydrogen-bond donors (Lipinski definition) is 2. The molecule has 2 aliphatic rings. The lowest BCUT2D eigenvalue weighted by molar-refractivity contribution is 0.0943. The number of sulfonamides is 1. The first-order chi connectivity index (χ1) is 15.4. The predicted molar refractivity (Wildman–Crippen MR) is 122 cm³/mol. The molecule has 0 saturated heterocycles. The number of rotatable bonds is 8. The van der Waals surface area contributed by atoms with E-state index in [-0.39, 0.29) is 22.8 Å². The van der Waals surface area contributed by atoms with Crippen molar-refractivity contribution in [3.63, 3.8) is 0 Å². The molecule has 1 amide bonds. The van der Waals surface area contributed by atoms with Crippen molar-refractivity contribution in [3.8, 4) is 11.5 Å². The Morgan fingerprint density at radius 1 is 1.06 bits per heavy atom. The van der Waals surface area contributed by atoms with Crippen LogP contribution in [0.5, 0.6) is 11.5 Å². The Bertz CT molecular complexity index is 1110. The van der Waals surface area contributed by atoms with E-state index in [1.165, 1.54) is 18.2 Å². The molecule has 0 spiro atoms. The molecule has 0 bridgehead atoms. The van der Waals surface area contributed by atoms with Crippen LogP contribution in [0.4, 0.5) is 0 Å². The molecule has 170 valence electrons. The fourth-order valence-electron chi connectivity index (χ4n) is 4.40. The van der Waals surface area contributed by atoms with Gasteiger partial charge in [0.25, 0.3) is 5.91 Å². The average molecular weight is 457 g/mol. The van der Waals surface area contributed by atoms with Crippen molar-refractivity contribution in [1.82, 2.24) is 10.0 Å². The van der Waals surface area contributed by atoms with E-state index < -0.39 is 10.0 Å². The molecule has 2 N–H and O–H groups in total. The van der Waals surface area contributed by atoms with Crippen LogP contribution in [-0.4, -0.2) is 40.6 Å². The molecule has 0 unspecified atom stereocenters. The molecule has 1 aliphatic carbocycles. The summed E-state index contributed by atoms with van der Waals surface area (Å²) >= 11 is 0. The standard InChI is InChI=1S/C24H28N2O5S/c1-2-12-26-32(28,29)20-7-5-6-18(15-20)23(27)25-17-24(10-3-4-11-24)19-8-9-21-22(16-19)31-14-13-30-21/h2,5-9,15-16,26H,1,3-4,10-14,17H2,(H,25,27). The van der Waals surface area contributed by atoms with E-state index in [1.54, 1.807) is 12.1 Å². The molecule has 0 aromatic heterocycles. The smallest absolute Gasteiger partial charge is 0.251 e. The van der Waals surface area contributed by atoms with E-state index in [9.17, 15) is 13.2 Å². The summed E-state index contributed by atoms with van der Waals surface area (Å²) in [5, 5.41) is 3.04. The summed E-state index contributed by atoms with van der Waals surface area (Å²) < 4.78 is 38.6. The van der Waals surface area contributed by atoms with Crippen LogP contribution < -0.4 is 19.5 Å². The lowest BCUT2D eigenvalue weighted by Crippen LogP contribution is -2.39. The van der Waals surface area contributed by atoms with Gasteiger partial charge in [-0.05, 0) is 48.7 Å². The van der Waals surface area contributed by atoms with E-state index in [2.05, 4.69) is 22.7 Å². The number of nitrogens with one attached hydrogen (secondary N) is 2. The zero-order valence-corrected chi connectivity index (χ0v) is 18.7. The fraction of sp³-hybridized carbons (Fsp3) is 0.375. The van der Waals surface area contributed by atoms with Gasteiger partial charge in [0, 0.05) is 24.1 Å². The second kappa shape index (κ2) is 9.34. The summed E-state index contributed by atoms with van der Waals surface area (Å²) in [6, 6.07) is 12.1. The van der Waals surface area contributed by atoms with Crippen LogP contribution in [0.1, 0.15) is 41.6 Å². The van der Waals surface area contributed by atoms with Crippen molar-refractivity contribution < 1.29 is 22.7 Å². The molecule has 32 heavy (non-hydrogen) atoms. The largest absolute Gasteiger partial charge is 0.486 e. The third kappa shape index (κ3) is 4.66. The van der Waals surface area contributed by atoms with Gasteiger partial charge in [0.05, 0.1) is 4.90 Å². The van der Waals surface area contributed by atoms with E-state index in [0.717, 1.165) is 42.7 Å². The zero-order valence-electron chi connectivity index (χ0n) is 17.9. The van der Waals surface area contributed by atoms with Gasteiger partial charge in [0.1, 0.15) is 13.2 Å². The first-order valence-corrected chi connectivity index (χ1v) is 12.3. The quantitative estimate of drug-likeness (QED) is 0.595. The number of ether oxygens (including phenoxy) is 2. The van der Waals surface area contributed by atoms with E-state index in [0.29, 0.717) is 25.3 Å². The van der Waals surface area contributed by atoms with Crippen LogP contribution in [0.2, 0.25) is 0 Å². The minimum absolute atomic E-state index is 0.0504. The monoisotopic (exact) mass is 456 g/mol. The van der Waals surface area contributed by atoms with E-state index in [1.807, 2.05) is 12.1 Å². The van der Waals surface area contributed by atoms with Crippen molar-refractivity contribution in [2.45, 2.75) is 36.0 Å². The van der Waals surface area contributed by atoms with Crippen molar-refractivity contribution >= 4 is 15.9 Å². The lowest BCUT2D eigenvalue weighted by atomic mass is 9.78. The van der Waals surface area contributed by atoms with E-state index >= 15 is 0 Å². The molecular weight excluding hydrogens is 428 g/mol. The molecule has 2 aromatic carbocycles. The third-order valence-electron chi connectivity index (χ3n) is 6.13. The Hall–Kier alpha value is -2.84. The van der Waals surface area contributed by atoms with Crippen molar-refractivity contribution in [3.05, 3.63) is 66.2 Å². The molecule has 2 aromatic rings. The van der Waals surface area contributed by atoms with Crippen molar-refractivity contribution in [2.75, 3.05) is 26.3 Å². The molecule has 8 heteroatoms. The highest BCUT2D eigenvalue weighted by Crippen LogP contribution is 2.43. The molecule has 0 radical (unpaired) electrons. The number of benzene rings is 2. The van der Waals surface area contributed by atoms with Crippen LogP contribution in [0.15, 0.2) is 60.0 Å². The number of amides is 1. The van der Waals surface area contributed by atoms with Crippen LogP contribution in [0.25, 0.3) is 0 Å². The van der Waals surface area contributed by atoms with Gasteiger partial charge in [-0.2, -0.15) is 0 Å². The second-order valence-electron chi connectivity index (χ2n) is 8.20. The first-order valence-electron chi connectivity index (χ1n) is 10.8. The normalized spacial score (nSPS) is 17.0. The maximum atomic E-state index is 12.9. The van der Waals surface area contributed by atoms with Gasteiger partial charge < -0.3 is 14.8 Å². The molecule has 4 rings (SSSR count). The van der Waals surface area contributed by atoms with Crippen LogP contribution >= 0.6 is 0 Å². The Morgan fingerprint density at radius 2 is 1.81 bits per heavy atom. The highest BCUT2D eigenvalue weighted by Gasteiger charge is 2.37. The third-order valence-corrected chi connectivity index (χ3v) is 7.55. The second-order valence-corrected chi connectivity index (χ2v) is 9.96. The minimum Gasteiger partial charge on any atom is -0.486 e. The Morgan fingerprint density at radius 3 is 2.56 bits per heavy atom. The molecule has 1 saturated carbocycles. The number of fused-ring (bicyclic) bond motifs is 1. The highest BCUT2D eigenvalue weighted by molar-refractivity contribution is 7.89. The number of carbonyl (C=O) groups is 1. The molecule has 1 aliphatic heterocycles. The number of carbonyl (C=O) groups excluding carboxylic acids is 1. The summed E-state index contributed by atoms with van der Waals surface area (Å²) in [6.45, 7) is 5.18. The SMILES string of the molecule is C=CCNS(=O)(=O)c1cccc(C(=O)NCC2(c3ccc4c(c3)OCCO4)CCCC2)c1. The number of hydrogen-bond acceptors (Lipinski definition) is 5. The van der Waals surface area contributed by atoms with E-state index in [4.69, 9.17) is 9.47 Å². The lowest BCUT2D eigenvalue weighted by Gasteiger charge is -2.31. The van der Waals surface area contributed by atoms with Crippen LogP contribution in [0, 0.1) is 0 Å². The van der Waals surface area contributed by atoms with Gasteiger partial charge in [-0.1, -0.05) is 31.1 Å². The topological polar surface area (TPSA) is 93.7 Å². The summed E-state index contributed by atoms with van der Waals surface area (Å²) in [4.78, 5) is 13.0. The Kier molecular flexibility index (Phi) is 6.53. The van der Waals surface area contributed by atoms with Gasteiger partial charge in [0.15, 0.2) is 11.5 Å². The van der Waals surface area contributed by atoms with Crippen LogP contribution in [0.3, 0.4) is 0 Å². The van der Waals surface area contributed by atoms with Gasteiger partial charge in [-0.25, -0.2) is 13.1 Å². The summed E-state index contributed by atoms with van der Waals surface area (Å²) in [5.74, 6) is 1.20. The minimum atomic E-state index is -3.70. The molecule has 1 heterocycles. The average Bonchev–Trinajstić information content (AvgIpc) is 3.31. The van der Waals surface area contributed by atoms with Gasteiger partial charge >= 0.3 is 0 Å². The van der Waals surface area contributed by atoms with Gasteiger partial charge in [0.2, 0.25) is 10.0 Å². The summed E-state index contributed by atoms with van der Waals surface area (Å²) in [5.41, 5.74) is 1.26. The molecule has 1 fully saturated rings. The van der Waals surface area contributed by atoms with Crippen LogP contribution in [-0.2, 0) is 15.4 Å². The van der Waals surface area contributed by atoms with Gasteiger partial charge in [-0.15, -0.1) is 6.58 Å².